The smallest absolute Gasteiger partial charge is 0.260 e. The van der Waals surface area contributed by atoms with E-state index >= 15 is 0 Å². The van der Waals surface area contributed by atoms with Gasteiger partial charge in [-0.2, -0.15) is 0 Å². The van der Waals surface area contributed by atoms with Crippen LogP contribution in [0.2, 0.25) is 0 Å². The molecule has 10 heavy (non-hydrogen) atoms. The predicted molar refractivity (Wildman–Crippen MR) is 34.8 cm³/mol. The lowest BCUT2D eigenvalue weighted by molar-refractivity contribution is 0.171. The van der Waals surface area contributed by atoms with Crippen LogP contribution in [0.3, 0.4) is 0 Å². The van der Waals surface area contributed by atoms with Gasteiger partial charge in [-0.3, -0.25) is 0 Å². The summed E-state index contributed by atoms with van der Waals surface area (Å²) in [5.74, 6) is 1.15. The van der Waals surface area contributed by atoms with Crippen LogP contribution >= 0.6 is 0 Å². The summed E-state index contributed by atoms with van der Waals surface area (Å²) in [4.78, 5) is 3.89. The van der Waals surface area contributed by atoms with Crippen LogP contribution in [0.15, 0.2) is 12.3 Å². The van der Waals surface area contributed by atoms with E-state index < -0.39 is 0 Å². The highest BCUT2D eigenvalue weighted by Gasteiger charge is 2.13. The molecule has 0 fully saturated rings. The topological polar surface area (TPSA) is 57.4 Å². The molecule has 1 aromatic rings. The SMILES string of the molecule is Nc1cnc2c(c1)OCO2. The average Bonchev–Trinajstić information content (AvgIpc) is 2.33. The van der Waals surface area contributed by atoms with Crippen LogP contribution in [0, 0.1) is 0 Å². The van der Waals surface area contributed by atoms with Crippen molar-refractivity contribution in [3.8, 4) is 11.6 Å². The summed E-state index contributed by atoms with van der Waals surface area (Å²) in [5.41, 5.74) is 6.02. The Kier molecular flexibility index (Phi) is 0.943. The van der Waals surface area contributed by atoms with Gasteiger partial charge in [-0.15, -0.1) is 0 Å². The maximum Gasteiger partial charge on any atom is 0.260 e. The average molecular weight is 138 g/mol. The van der Waals surface area contributed by atoms with Crippen molar-refractivity contribution < 1.29 is 9.47 Å². The Morgan fingerprint density at radius 2 is 2.40 bits per heavy atom. The lowest BCUT2D eigenvalue weighted by atomic mass is 10.4. The van der Waals surface area contributed by atoms with Gasteiger partial charge in [0.05, 0.1) is 11.9 Å². The van der Waals surface area contributed by atoms with Gasteiger partial charge in [-0.1, -0.05) is 0 Å². The van der Waals surface area contributed by atoms with Gasteiger partial charge in [-0.05, 0) is 0 Å². The summed E-state index contributed by atoms with van der Waals surface area (Å²) >= 11 is 0. The molecule has 0 bridgehead atoms. The van der Waals surface area contributed by atoms with Crippen molar-refractivity contribution in [2.75, 3.05) is 12.5 Å². The third-order valence-corrected chi connectivity index (χ3v) is 1.25. The van der Waals surface area contributed by atoms with Crippen LogP contribution in [0.5, 0.6) is 11.6 Å². The number of pyridine rings is 1. The number of nitrogens with zero attached hydrogens (tertiary/aromatic N) is 1. The molecule has 0 amide bonds. The number of aromatic nitrogens is 1. The number of nitrogens with two attached hydrogens (primary N) is 1. The molecule has 0 atom stereocenters. The number of ether oxygens (including phenoxy) is 2. The number of anilines is 1. The molecule has 2 rings (SSSR count). The Balaban J connectivity index is 2.52. The van der Waals surface area contributed by atoms with Crippen LogP contribution in [0.4, 0.5) is 5.69 Å². The highest BCUT2D eigenvalue weighted by molar-refractivity contribution is 5.47. The Labute approximate surface area is 57.6 Å². The maximum atomic E-state index is 5.43. The van der Waals surface area contributed by atoms with E-state index in [0.29, 0.717) is 17.3 Å². The molecular weight excluding hydrogens is 132 g/mol. The van der Waals surface area contributed by atoms with Crippen molar-refractivity contribution in [3.05, 3.63) is 12.3 Å². The maximum absolute atomic E-state index is 5.43. The number of hydrogen-bond donors (Lipinski definition) is 1. The molecule has 52 valence electrons. The zero-order valence-corrected chi connectivity index (χ0v) is 5.20. The molecule has 0 aromatic carbocycles. The van der Waals surface area contributed by atoms with Gasteiger partial charge in [0, 0.05) is 6.07 Å². The highest BCUT2D eigenvalue weighted by atomic mass is 16.7. The van der Waals surface area contributed by atoms with Gasteiger partial charge in [-0.25, -0.2) is 4.98 Å². The second-order valence-electron chi connectivity index (χ2n) is 1.98. The molecule has 0 spiro atoms. The Hall–Kier alpha value is -1.45. The molecule has 0 aliphatic carbocycles. The van der Waals surface area contributed by atoms with E-state index in [1.165, 1.54) is 6.20 Å². The van der Waals surface area contributed by atoms with Gasteiger partial charge in [0.25, 0.3) is 5.88 Å². The quantitative estimate of drug-likeness (QED) is 0.563. The van der Waals surface area contributed by atoms with Gasteiger partial charge < -0.3 is 15.2 Å². The molecule has 0 saturated carbocycles. The molecule has 2 N–H and O–H groups in total. The molecule has 0 radical (unpaired) electrons. The third kappa shape index (κ3) is 0.655. The Morgan fingerprint density at radius 1 is 1.50 bits per heavy atom. The zero-order valence-electron chi connectivity index (χ0n) is 5.20. The van der Waals surface area contributed by atoms with Crippen LogP contribution in [-0.4, -0.2) is 11.8 Å². The van der Waals surface area contributed by atoms with Gasteiger partial charge in [0.2, 0.25) is 6.79 Å². The molecule has 4 nitrogen and oxygen atoms in total. The van der Waals surface area contributed by atoms with E-state index in [1.807, 2.05) is 0 Å². The highest BCUT2D eigenvalue weighted by Crippen LogP contribution is 2.30. The first kappa shape index (κ1) is 5.34. The minimum Gasteiger partial charge on any atom is -0.452 e. The predicted octanol–water partition coefficient (Wildman–Crippen LogP) is 0.393. The summed E-state index contributed by atoms with van der Waals surface area (Å²) in [7, 11) is 0. The lowest BCUT2D eigenvalue weighted by Gasteiger charge is -1.93. The molecule has 0 unspecified atom stereocenters. The van der Waals surface area contributed by atoms with Crippen LogP contribution in [0.1, 0.15) is 0 Å². The fraction of sp³-hybridized carbons (Fsp3) is 0.167. The fourth-order valence-corrected chi connectivity index (χ4v) is 0.808. The first-order valence-corrected chi connectivity index (χ1v) is 2.87. The fourth-order valence-electron chi connectivity index (χ4n) is 0.808. The van der Waals surface area contributed by atoms with E-state index in [2.05, 4.69) is 4.98 Å². The number of hydrogen-bond acceptors (Lipinski definition) is 4. The normalized spacial score (nSPS) is 13.6. The Morgan fingerprint density at radius 3 is 3.30 bits per heavy atom. The van der Waals surface area contributed by atoms with Crippen molar-refractivity contribution >= 4 is 5.69 Å². The summed E-state index contributed by atoms with van der Waals surface area (Å²) in [6, 6.07) is 1.69. The van der Waals surface area contributed by atoms with E-state index in [9.17, 15) is 0 Å². The summed E-state index contributed by atoms with van der Waals surface area (Å²) in [5, 5.41) is 0. The monoisotopic (exact) mass is 138 g/mol. The zero-order chi connectivity index (χ0) is 6.97. The van der Waals surface area contributed by atoms with Gasteiger partial charge >= 0.3 is 0 Å². The minimum absolute atomic E-state index is 0.242. The summed E-state index contributed by atoms with van der Waals surface area (Å²) < 4.78 is 9.98. The third-order valence-electron chi connectivity index (χ3n) is 1.25. The van der Waals surface area contributed by atoms with Crippen molar-refractivity contribution in [1.82, 2.24) is 4.98 Å². The summed E-state index contributed by atoms with van der Waals surface area (Å²) in [6.07, 6.45) is 1.54. The van der Waals surface area contributed by atoms with Crippen LogP contribution < -0.4 is 15.2 Å². The van der Waals surface area contributed by atoms with E-state index in [4.69, 9.17) is 15.2 Å². The van der Waals surface area contributed by atoms with E-state index in [1.54, 1.807) is 6.07 Å². The second-order valence-corrected chi connectivity index (χ2v) is 1.98. The van der Waals surface area contributed by atoms with E-state index in [-0.39, 0.29) is 6.79 Å². The number of rotatable bonds is 0. The summed E-state index contributed by atoms with van der Waals surface area (Å²) in [6.45, 7) is 0.242. The lowest BCUT2D eigenvalue weighted by Crippen LogP contribution is -1.93. The van der Waals surface area contributed by atoms with Gasteiger partial charge in [0.1, 0.15) is 0 Å². The molecule has 1 aliphatic rings. The standard InChI is InChI=1S/C6H6N2O2/c7-4-1-5-6(8-2-4)10-3-9-5/h1-2H,3,7H2. The van der Waals surface area contributed by atoms with Crippen molar-refractivity contribution in [3.63, 3.8) is 0 Å². The van der Waals surface area contributed by atoms with Crippen LogP contribution in [-0.2, 0) is 0 Å². The molecular formula is C6H6N2O2. The minimum atomic E-state index is 0.242. The van der Waals surface area contributed by atoms with Crippen LogP contribution in [0.25, 0.3) is 0 Å². The second kappa shape index (κ2) is 1.76. The van der Waals surface area contributed by atoms with Crippen molar-refractivity contribution in [2.24, 2.45) is 0 Å². The molecule has 4 heteroatoms. The number of fused-ring (bicyclic) bond motifs is 1. The Bertz CT molecular complexity index is 262. The first-order valence-electron chi connectivity index (χ1n) is 2.87. The first-order chi connectivity index (χ1) is 4.86. The number of nitrogen functional groups attached to an aromatic ring is 1. The van der Waals surface area contributed by atoms with Crippen molar-refractivity contribution in [2.45, 2.75) is 0 Å². The largest absolute Gasteiger partial charge is 0.452 e. The van der Waals surface area contributed by atoms with Crippen molar-refractivity contribution in [1.29, 1.82) is 0 Å². The van der Waals surface area contributed by atoms with Gasteiger partial charge in [0.15, 0.2) is 5.75 Å². The molecule has 2 heterocycles. The molecule has 1 aromatic heterocycles. The molecule has 0 saturated heterocycles. The molecule has 1 aliphatic heterocycles. The van der Waals surface area contributed by atoms with E-state index in [0.717, 1.165) is 0 Å².